The minimum atomic E-state index is -0.318. The van der Waals surface area contributed by atoms with Gasteiger partial charge < -0.3 is 14.7 Å². The maximum absolute atomic E-state index is 13.2. The number of hydrogen-bond donors (Lipinski definition) is 1. The van der Waals surface area contributed by atoms with Gasteiger partial charge in [0.15, 0.2) is 0 Å². The SMILES string of the molecule is CN1[C@@H]2CC[C@H]1C[C@@H](Oc1ccc(-n3cnc4cc(CC(O)C5CCC5)sc4c3=O)cc1)C2. The number of aliphatic hydroxyl groups is 1. The second kappa shape index (κ2) is 8.53. The van der Waals surface area contributed by atoms with Crippen LogP contribution in [0.15, 0.2) is 41.5 Å². The van der Waals surface area contributed by atoms with Gasteiger partial charge in [-0.25, -0.2) is 4.98 Å². The molecule has 33 heavy (non-hydrogen) atoms. The summed E-state index contributed by atoms with van der Waals surface area (Å²) in [6.07, 6.45) is 10.3. The molecular weight excluding hydrogens is 434 g/mol. The average molecular weight is 466 g/mol. The highest BCUT2D eigenvalue weighted by Gasteiger charge is 2.39. The molecule has 4 atom stereocenters. The lowest BCUT2D eigenvalue weighted by Crippen LogP contribution is -2.43. The lowest BCUT2D eigenvalue weighted by molar-refractivity contribution is 0.0636. The van der Waals surface area contributed by atoms with E-state index >= 15 is 0 Å². The molecule has 1 aromatic carbocycles. The van der Waals surface area contributed by atoms with E-state index in [-0.39, 0.29) is 17.8 Å². The fourth-order valence-electron chi connectivity index (χ4n) is 5.78. The average Bonchev–Trinajstić information content (AvgIpc) is 3.24. The number of ether oxygens (including phenoxy) is 1. The fourth-order valence-corrected chi connectivity index (χ4v) is 6.87. The predicted octanol–water partition coefficient (Wildman–Crippen LogP) is 4.15. The zero-order chi connectivity index (χ0) is 22.5. The third-order valence-corrected chi connectivity index (χ3v) is 9.20. The molecule has 2 saturated heterocycles. The monoisotopic (exact) mass is 465 g/mol. The van der Waals surface area contributed by atoms with Gasteiger partial charge in [-0.05, 0) is 81.8 Å². The summed E-state index contributed by atoms with van der Waals surface area (Å²) in [5.41, 5.74) is 1.44. The molecule has 6 rings (SSSR count). The van der Waals surface area contributed by atoms with Crippen molar-refractivity contribution in [3.8, 4) is 11.4 Å². The van der Waals surface area contributed by atoms with E-state index in [0.717, 1.165) is 42.0 Å². The Morgan fingerprint density at radius 1 is 1.15 bits per heavy atom. The number of fused-ring (bicyclic) bond motifs is 3. The van der Waals surface area contributed by atoms with Crippen molar-refractivity contribution < 1.29 is 9.84 Å². The zero-order valence-electron chi connectivity index (χ0n) is 19.0. The Bertz CT molecular complexity index is 1190. The molecule has 0 amide bonds. The summed E-state index contributed by atoms with van der Waals surface area (Å²) in [6.45, 7) is 0. The van der Waals surface area contributed by atoms with E-state index in [1.54, 1.807) is 10.9 Å². The third kappa shape index (κ3) is 4.00. The standard InChI is InChI=1S/C26H31N3O3S/c1-28-18-5-6-19(28)12-21(11-18)32-20-9-7-17(8-10-20)29-15-27-23-13-22(33-25(23)26(29)31)14-24(30)16-3-2-4-16/h7-10,13,15-16,18-19,21,24,30H,2-6,11-12,14H2,1H3/t18-,19+,21+,24?. The summed E-state index contributed by atoms with van der Waals surface area (Å²) in [6, 6.07) is 11.0. The molecule has 0 radical (unpaired) electrons. The van der Waals surface area contributed by atoms with E-state index in [0.29, 0.717) is 34.6 Å². The summed E-state index contributed by atoms with van der Waals surface area (Å²) >= 11 is 1.46. The number of thiophene rings is 1. The van der Waals surface area contributed by atoms with Crippen molar-refractivity contribution >= 4 is 21.6 Å². The van der Waals surface area contributed by atoms with Crippen LogP contribution < -0.4 is 10.3 Å². The van der Waals surface area contributed by atoms with Gasteiger partial charge in [-0.1, -0.05) is 6.42 Å². The van der Waals surface area contributed by atoms with E-state index < -0.39 is 0 Å². The smallest absolute Gasteiger partial charge is 0.275 e. The van der Waals surface area contributed by atoms with Gasteiger partial charge >= 0.3 is 0 Å². The molecule has 0 spiro atoms. The van der Waals surface area contributed by atoms with Crippen LogP contribution in [0.4, 0.5) is 0 Å². The van der Waals surface area contributed by atoms with Gasteiger partial charge in [0.1, 0.15) is 22.9 Å². The number of aliphatic hydroxyl groups excluding tert-OH is 1. The maximum Gasteiger partial charge on any atom is 0.275 e. The van der Waals surface area contributed by atoms with E-state index in [1.807, 2.05) is 30.3 Å². The molecule has 4 heterocycles. The fraction of sp³-hybridized carbons (Fsp3) is 0.538. The Morgan fingerprint density at radius 2 is 1.88 bits per heavy atom. The predicted molar refractivity (Wildman–Crippen MR) is 130 cm³/mol. The first-order valence-corrected chi connectivity index (χ1v) is 13.0. The van der Waals surface area contributed by atoms with Crippen molar-refractivity contribution in [1.82, 2.24) is 14.5 Å². The molecule has 3 aliphatic rings. The van der Waals surface area contributed by atoms with Crippen molar-refractivity contribution in [2.45, 2.75) is 75.7 Å². The summed E-state index contributed by atoms with van der Waals surface area (Å²) < 4.78 is 8.55. The molecule has 6 nitrogen and oxygen atoms in total. The van der Waals surface area contributed by atoms with Crippen molar-refractivity contribution in [2.75, 3.05) is 7.05 Å². The van der Waals surface area contributed by atoms with Crippen LogP contribution in [-0.2, 0) is 6.42 Å². The number of rotatable bonds is 6. The lowest BCUT2D eigenvalue weighted by Gasteiger charge is -2.36. The summed E-state index contributed by atoms with van der Waals surface area (Å²) in [5.74, 6) is 1.27. The number of piperidine rings is 1. The Kier molecular flexibility index (Phi) is 5.51. The molecule has 1 saturated carbocycles. The first kappa shape index (κ1) is 21.3. The highest BCUT2D eigenvalue weighted by molar-refractivity contribution is 7.18. The van der Waals surface area contributed by atoms with Gasteiger partial charge in [0.2, 0.25) is 0 Å². The van der Waals surface area contributed by atoms with Crippen LogP contribution in [0.25, 0.3) is 15.9 Å². The normalized spacial score (nSPS) is 26.4. The van der Waals surface area contributed by atoms with Gasteiger partial charge in [0, 0.05) is 23.4 Å². The van der Waals surface area contributed by atoms with Gasteiger partial charge in [0.05, 0.1) is 17.3 Å². The Labute approximate surface area is 197 Å². The van der Waals surface area contributed by atoms with Crippen molar-refractivity contribution in [3.05, 3.63) is 51.9 Å². The second-order valence-electron chi connectivity index (χ2n) is 10.1. The number of nitrogens with zero attached hydrogens (tertiary/aromatic N) is 3. The minimum absolute atomic E-state index is 0.0602. The lowest BCUT2D eigenvalue weighted by atomic mass is 9.80. The molecule has 1 unspecified atom stereocenters. The highest BCUT2D eigenvalue weighted by atomic mass is 32.1. The maximum atomic E-state index is 13.2. The van der Waals surface area contributed by atoms with Gasteiger partial charge in [-0.15, -0.1) is 11.3 Å². The Balaban J connectivity index is 1.18. The minimum Gasteiger partial charge on any atom is -0.490 e. The largest absolute Gasteiger partial charge is 0.490 e. The van der Waals surface area contributed by atoms with Gasteiger partial charge in [-0.3, -0.25) is 9.36 Å². The summed E-state index contributed by atoms with van der Waals surface area (Å²) in [5, 5.41) is 10.4. The van der Waals surface area contributed by atoms with Crippen LogP contribution in [0.5, 0.6) is 5.75 Å². The second-order valence-corrected chi connectivity index (χ2v) is 11.2. The van der Waals surface area contributed by atoms with E-state index in [4.69, 9.17) is 4.74 Å². The van der Waals surface area contributed by atoms with Crippen LogP contribution in [0.2, 0.25) is 0 Å². The number of hydrogen-bond acceptors (Lipinski definition) is 6. The molecule has 2 bridgehead atoms. The first-order valence-electron chi connectivity index (χ1n) is 12.2. The Morgan fingerprint density at radius 3 is 2.55 bits per heavy atom. The summed E-state index contributed by atoms with van der Waals surface area (Å²) in [4.78, 5) is 21.3. The molecule has 2 aromatic heterocycles. The highest BCUT2D eigenvalue weighted by Crippen LogP contribution is 2.36. The van der Waals surface area contributed by atoms with Crippen LogP contribution in [0.3, 0.4) is 0 Å². The third-order valence-electron chi connectivity index (χ3n) is 8.07. The van der Waals surface area contributed by atoms with Gasteiger partial charge in [-0.2, -0.15) is 0 Å². The van der Waals surface area contributed by atoms with E-state index in [2.05, 4.69) is 16.9 Å². The molecule has 174 valence electrons. The van der Waals surface area contributed by atoms with E-state index in [1.165, 1.54) is 30.6 Å². The van der Waals surface area contributed by atoms with Crippen LogP contribution >= 0.6 is 11.3 Å². The number of aromatic nitrogens is 2. The van der Waals surface area contributed by atoms with Crippen molar-refractivity contribution in [2.24, 2.45) is 5.92 Å². The molecule has 1 aliphatic carbocycles. The first-order chi connectivity index (χ1) is 16.0. The molecule has 3 fully saturated rings. The zero-order valence-corrected chi connectivity index (χ0v) is 19.8. The molecule has 2 aliphatic heterocycles. The quantitative estimate of drug-likeness (QED) is 0.592. The van der Waals surface area contributed by atoms with Crippen molar-refractivity contribution in [3.63, 3.8) is 0 Å². The van der Waals surface area contributed by atoms with Crippen LogP contribution in [-0.4, -0.2) is 50.9 Å². The van der Waals surface area contributed by atoms with Crippen LogP contribution in [0, 0.1) is 5.92 Å². The van der Waals surface area contributed by atoms with Crippen LogP contribution in [0.1, 0.15) is 49.8 Å². The molecule has 1 N–H and O–H groups in total. The Hall–Kier alpha value is -2.22. The number of benzene rings is 1. The van der Waals surface area contributed by atoms with E-state index in [9.17, 15) is 9.90 Å². The van der Waals surface area contributed by atoms with Crippen molar-refractivity contribution in [1.29, 1.82) is 0 Å². The van der Waals surface area contributed by atoms with Gasteiger partial charge in [0.25, 0.3) is 5.56 Å². The summed E-state index contributed by atoms with van der Waals surface area (Å²) in [7, 11) is 2.24. The topological polar surface area (TPSA) is 67.6 Å². The molecule has 7 heteroatoms. The molecular formula is C26H31N3O3S. The molecule has 3 aromatic rings.